The van der Waals surface area contributed by atoms with Gasteiger partial charge < -0.3 is 10.2 Å². The van der Waals surface area contributed by atoms with Crippen LogP contribution in [0.25, 0.3) is 0 Å². The number of hydrogen-bond donors (Lipinski definition) is 1. The molecule has 22 heavy (non-hydrogen) atoms. The lowest BCUT2D eigenvalue weighted by Crippen LogP contribution is -2.46. The minimum atomic E-state index is -0.0748. The van der Waals surface area contributed by atoms with Crippen molar-refractivity contribution in [2.45, 2.75) is 39.2 Å². The second-order valence-electron chi connectivity index (χ2n) is 5.57. The molecule has 0 bridgehead atoms. The first kappa shape index (κ1) is 16.2. The molecule has 2 rings (SSSR count). The zero-order valence-corrected chi connectivity index (χ0v) is 13.2. The van der Waals surface area contributed by atoms with E-state index in [0.29, 0.717) is 18.7 Å². The van der Waals surface area contributed by atoms with E-state index in [4.69, 9.17) is 0 Å². The highest BCUT2D eigenvalue weighted by Gasteiger charge is 2.24. The van der Waals surface area contributed by atoms with Crippen molar-refractivity contribution in [2.75, 3.05) is 13.1 Å². The van der Waals surface area contributed by atoms with Crippen LogP contribution in [0.3, 0.4) is 0 Å². The van der Waals surface area contributed by atoms with Gasteiger partial charge in [-0.15, -0.1) is 0 Å². The van der Waals surface area contributed by atoms with E-state index in [-0.39, 0.29) is 17.9 Å². The van der Waals surface area contributed by atoms with E-state index in [0.717, 1.165) is 24.8 Å². The first-order valence-electron chi connectivity index (χ1n) is 7.78. The van der Waals surface area contributed by atoms with Crippen molar-refractivity contribution in [3.8, 4) is 0 Å². The van der Waals surface area contributed by atoms with Crippen molar-refractivity contribution in [1.29, 1.82) is 0 Å². The van der Waals surface area contributed by atoms with Gasteiger partial charge in [0, 0.05) is 42.7 Å². The molecule has 5 heteroatoms. The summed E-state index contributed by atoms with van der Waals surface area (Å²) in [6.07, 6.45) is 7.64. The molecule has 1 aliphatic rings. The Labute approximate surface area is 131 Å². The Kier molecular flexibility index (Phi) is 5.69. The molecule has 1 fully saturated rings. The minimum absolute atomic E-state index is 0.0748. The fourth-order valence-corrected chi connectivity index (χ4v) is 2.64. The monoisotopic (exact) mass is 301 g/mol. The number of nitrogens with one attached hydrogen (secondary N) is 1. The normalized spacial score (nSPS) is 16.5. The molecular formula is C17H23N3O2. The van der Waals surface area contributed by atoms with Crippen LogP contribution in [0.15, 0.2) is 36.2 Å². The first-order valence-corrected chi connectivity index (χ1v) is 7.78. The first-order chi connectivity index (χ1) is 10.6. The van der Waals surface area contributed by atoms with Gasteiger partial charge in [0.2, 0.25) is 5.91 Å². The summed E-state index contributed by atoms with van der Waals surface area (Å²) in [4.78, 5) is 30.1. The van der Waals surface area contributed by atoms with Crippen LogP contribution in [0, 0.1) is 0 Å². The van der Waals surface area contributed by atoms with Crippen LogP contribution in [-0.2, 0) is 4.79 Å². The third-order valence-electron chi connectivity index (χ3n) is 3.91. The molecule has 1 N–H and O–H groups in total. The third kappa shape index (κ3) is 4.16. The summed E-state index contributed by atoms with van der Waals surface area (Å²) < 4.78 is 0. The minimum Gasteiger partial charge on any atom is -0.349 e. The van der Waals surface area contributed by atoms with E-state index in [1.54, 1.807) is 24.5 Å². The number of carbonyl (C=O) groups is 2. The largest absolute Gasteiger partial charge is 0.349 e. The van der Waals surface area contributed by atoms with Crippen LogP contribution in [0.4, 0.5) is 0 Å². The predicted octanol–water partition coefficient (Wildman–Crippen LogP) is 2.16. The lowest BCUT2D eigenvalue weighted by molar-refractivity contribution is -0.128. The van der Waals surface area contributed by atoms with Gasteiger partial charge in [-0.25, -0.2) is 0 Å². The Balaban J connectivity index is 1.84. The molecule has 0 unspecified atom stereocenters. The average molecular weight is 301 g/mol. The van der Waals surface area contributed by atoms with Gasteiger partial charge in [0.25, 0.3) is 5.91 Å². The fourth-order valence-electron chi connectivity index (χ4n) is 2.64. The van der Waals surface area contributed by atoms with E-state index < -0.39 is 0 Å². The highest BCUT2D eigenvalue weighted by Crippen LogP contribution is 2.14. The Bertz CT molecular complexity index is 546. The number of hydrogen-bond acceptors (Lipinski definition) is 3. The molecule has 5 nitrogen and oxygen atoms in total. The van der Waals surface area contributed by atoms with Crippen LogP contribution < -0.4 is 5.32 Å². The van der Waals surface area contributed by atoms with Crippen molar-refractivity contribution in [2.24, 2.45) is 0 Å². The second kappa shape index (κ2) is 7.73. The Hall–Kier alpha value is -2.17. The van der Waals surface area contributed by atoms with Gasteiger partial charge in [0.1, 0.15) is 0 Å². The van der Waals surface area contributed by atoms with Gasteiger partial charge in [0.15, 0.2) is 0 Å². The topological polar surface area (TPSA) is 62.3 Å². The Morgan fingerprint density at radius 3 is 2.55 bits per heavy atom. The quantitative estimate of drug-likeness (QED) is 0.867. The molecule has 2 heterocycles. The van der Waals surface area contributed by atoms with E-state index in [1.807, 2.05) is 24.8 Å². The maximum absolute atomic E-state index is 12.2. The predicted molar refractivity (Wildman–Crippen MR) is 85.4 cm³/mol. The van der Waals surface area contributed by atoms with Gasteiger partial charge in [-0.05, 0) is 38.3 Å². The summed E-state index contributed by atoms with van der Waals surface area (Å²) in [5, 5.41) is 3.03. The number of nitrogens with zero attached hydrogens (tertiary/aromatic N) is 2. The molecule has 0 radical (unpaired) electrons. The van der Waals surface area contributed by atoms with Crippen LogP contribution in [0.2, 0.25) is 0 Å². The number of amides is 2. The average Bonchev–Trinajstić information content (AvgIpc) is 2.56. The zero-order chi connectivity index (χ0) is 15.9. The maximum atomic E-state index is 12.2. The number of allylic oxidation sites excluding steroid dienone is 1. The number of piperidine rings is 1. The standard InChI is InChI=1S/C17H23N3O2/c1-3-4-13(2)17(22)20-11-7-15(8-12-20)19-16(21)14-5-9-18-10-6-14/h4-6,9-10,15H,3,7-8,11-12H2,1-2H3,(H,19,21)/b13-4+. The van der Waals surface area contributed by atoms with Crippen molar-refractivity contribution < 1.29 is 9.59 Å². The van der Waals surface area contributed by atoms with Crippen molar-refractivity contribution >= 4 is 11.8 Å². The number of rotatable bonds is 4. The van der Waals surface area contributed by atoms with Gasteiger partial charge >= 0.3 is 0 Å². The molecule has 1 aliphatic heterocycles. The number of likely N-dealkylation sites (tertiary alicyclic amines) is 1. The molecule has 1 saturated heterocycles. The van der Waals surface area contributed by atoms with Crippen LogP contribution in [0.5, 0.6) is 0 Å². The summed E-state index contributed by atoms with van der Waals surface area (Å²) in [5.41, 5.74) is 1.43. The fraction of sp³-hybridized carbons (Fsp3) is 0.471. The SMILES string of the molecule is CC/C=C(\C)C(=O)N1CCC(NC(=O)c2ccncc2)CC1. The molecule has 118 valence electrons. The second-order valence-corrected chi connectivity index (χ2v) is 5.57. The lowest BCUT2D eigenvalue weighted by atomic mass is 10.0. The highest BCUT2D eigenvalue weighted by molar-refractivity contribution is 5.94. The van der Waals surface area contributed by atoms with Gasteiger partial charge in [-0.1, -0.05) is 13.0 Å². The number of aromatic nitrogens is 1. The van der Waals surface area contributed by atoms with E-state index in [1.165, 1.54) is 0 Å². The van der Waals surface area contributed by atoms with E-state index >= 15 is 0 Å². The number of carbonyl (C=O) groups excluding carboxylic acids is 2. The highest BCUT2D eigenvalue weighted by atomic mass is 16.2. The Morgan fingerprint density at radius 1 is 1.32 bits per heavy atom. The number of pyridine rings is 1. The summed E-state index contributed by atoms with van der Waals surface area (Å²) >= 11 is 0. The molecular weight excluding hydrogens is 278 g/mol. The lowest BCUT2D eigenvalue weighted by Gasteiger charge is -2.32. The third-order valence-corrected chi connectivity index (χ3v) is 3.91. The van der Waals surface area contributed by atoms with Gasteiger partial charge in [-0.3, -0.25) is 14.6 Å². The van der Waals surface area contributed by atoms with Gasteiger partial charge in [-0.2, -0.15) is 0 Å². The molecule has 0 atom stereocenters. The van der Waals surface area contributed by atoms with Crippen molar-refractivity contribution in [3.05, 3.63) is 41.7 Å². The molecule has 2 amide bonds. The zero-order valence-electron chi connectivity index (χ0n) is 13.2. The van der Waals surface area contributed by atoms with E-state index in [2.05, 4.69) is 10.3 Å². The van der Waals surface area contributed by atoms with E-state index in [9.17, 15) is 9.59 Å². The molecule has 0 aromatic carbocycles. The summed E-state index contributed by atoms with van der Waals surface area (Å²) in [6.45, 7) is 5.27. The summed E-state index contributed by atoms with van der Waals surface area (Å²) in [7, 11) is 0. The molecule has 0 aliphatic carbocycles. The molecule has 1 aromatic rings. The van der Waals surface area contributed by atoms with Crippen molar-refractivity contribution in [1.82, 2.24) is 15.2 Å². The van der Waals surface area contributed by atoms with Crippen LogP contribution >= 0.6 is 0 Å². The molecule has 0 saturated carbocycles. The van der Waals surface area contributed by atoms with Crippen LogP contribution in [-0.4, -0.2) is 40.8 Å². The van der Waals surface area contributed by atoms with Crippen molar-refractivity contribution in [3.63, 3.8) is 0 Å². The molecule has 0 spiro atoms. The van der Waals surface area contributed by atoms with Crippen LogP contribution in [0.1, 0.15) is 43.5 Å². The Morgan fingerprint density at radius 2 is 1.95 bits per heavy atom. The summed E-state index contributed by atoms with van der Waals surface area (Å²) in [5.74, 6) is 0.0370. The summed E-state index contributed by atoms with van der Waals surface area (Å²) in [6, 6.07) is 3.53. The maximum Gasteiger partial charge on any atom is 0.251 e. The molecule has 1 aromatic heterocycles. The smallest absolute Gasteiger partial charge is 0.251 e. The van der Waals surface area contributed by atoms with Gasteiger partial charge in [0.05, 0.1) is 0 Å².